The molecule has 0 aliphatic carbocycles. The summed E-state index contributed by atoms with van der Waals surface area (Å²) in [6.45, 7) is 9.02. The molecule has 226 valence electrons. The van der Waals surface area contributed by atoms with E-state index in [1.165, 1.54) is 38.1 Å². The van der Waals surface area contributed by atoms with Crippen LogP contribution in [0.15, 0.2) is 53.4 Å². The highest BCUT2D eigenvalue weighted by Gasteiger charge is 2.46. The zero-order valence-corrected chi connectivity index (χ0v) is 25.2. The van der Waals surface area contributed by atoms with Gasteiger partial charge in [0.05, 0.1) is 23.6 Å². The fourth-order valence-corrected chi connectivity index (χ4v) is 5.53. The molecule has 1 aliphatic heterocycles. The summed E-state index contributed by atoms with van der Waals surface area (Å²) in [5.74, 6) is -5.09. The molecule has 1 aliphatic rings. The van der Waals surface area contributed by atoms with Gasteiger partial charge < -0.3 is 10.1 Å². The number of ether oxygens (including phenoxy) is 1. The lowest BCUT2D eigenvalue weighted by molar-refractivity contribution is -0.142. The first-order chi connectivity index (χ1) is 18.7. The lowest BCUT2D eigenvalue weighted by Gasteiger charge is -2.33. The van der Waals surface area contributed by atoms with Crippen molar-refractivity contribution in [1.29, 1.82) is 0 Å². The van der Waals surface area contributed by atoms with Crippen molar-refractivity contribution in [3.05, 3.63) is 54.1 Å². The standard InChI is InChI=1S/C30H39F3N2O5S/c1-28(2,3)22-17-40-27(37)24(22)35-26(36)23(16-29(4,5)31)34-25(30(6,32)33)20-10-8-18(9-11-20)19-12-14-21(15-13-19)41(7,38)39/h8-15,22-25,34H,16-17H2,1-7H3,(H,35,36). The van der Waals surface area contributed by atoms with Gasteiger partial charge in [0, 0.05) is 25.5 Å². The Morgan fingerprint density at radius 2 is 1.46 bits per heavy atom. The van der Waals surface area contributed by atoms with Crippen LogP contribution in [-0.4, -0.2) is 56.8 Å². The quantitative estimate of drug-likeness (QED) is 0.363. The van der Waals surface area contributed by atoms with E-state index in [0.717, 1.165) is 6.26 Å². The third kappa shape index (κ3) is 8.54. The molecule has 1 fully saturated rings. The normalized spacial score (nSPS) is 19.9. The van der Waals surface area contributed by atoms with Gasteiger partial charge in [0.25, 0.3) is 5.92 Å². The minimum atomic E-state index is -3.37. The Balaban J connectivity index is 1.88. The van der Waals surface area contributed by atoms with Crippen LogP contribution in [0.3, 0.4) is 0 Å². The Morgan fingerprint density at radius 3 is 1.90 bits per heavy atom. The molecule has 2 aromatic rings. The first-order valence-corrected chi connectivity index (χ1v) is 15.3. The molecular weight excluding hydrogens is 557 g/mol. The SMILES string of the molecule is CC(C)(F)CC(NC(c1ccc(-c2ccc(S(C)(=O)=O)cc2)cc1)C(C)(F)F)C(=O)NC1C(=O)OCC1C(C)(C)C. The van der Waals surface area contributed by atoms with Gasteiger partial charge in [-0.05, 0) is 48.1 Å². The largest absolute Gasteiger partial charge is 0.464 e. The van der Waals surface area contributed by atoms with Crippen molar-refractivity contribution in [2.75, 3.05) is 12.9 Å². The summed E-state index contributed by atoms with van der Waals surface area (Å²) < 4.78 is 73.4. The van der Waals surface area contributed by atoms with Crippen LogP contribution in [-0.2, 0) is 24.2 Å². The van der Waals surface area contributed by atoms with Gasteiger partial charge in [0.15, 0.2) is 9.84 Å². The van der Waals surface area contributed by atoms with Crippen molar-refractivity contribution in [2.24, 2.45) is 11.3 Å². The number of halogens is 3. The van der Waals surface area contributed by atoms with Crippen LogP contribution in [0.5, 0.6) is 0 Å². The zero-order chi connectivity index (χ0) is 31.0. The number of alkyl halides is 3. The van der Waals surface area contributed by atoms with Crippen LogP contribution < -0.4 is 10.6 Å². The number of cyclic esters (lactones) is 1. The third-order valence-corrected chi connectivity index (χ3v) is 8.34. The number of carbonyl (C=O) groups excluding carboxylic acids is 2. The first-order valence-electron chi connectivity index (χ1n) is 13.4. The number of benzene rings is 2. The Labute approximate surface area is 240 Å². The fraction of sp³-hybridized carbons (Fsp3) is 0.533. The second kappa shape index (κ2) is 11.8. The summed E-state index contributed by atoms with van der Waals surface area (Å²) in [4.78, 5) is 26.0. The number of sulfone groups is 1. The molecule has 41 heavy (non-hydrogen) atoms. The van der Waals surface area contributed by atoms with E-state index in [2.05, 4.69) is 10.6 Å². The van der Waals surface area contributed by atoms with Crippen LogP contribution in [0, 0.1) is 11.3 Å². The van der Waals surface area contributed by atoms with Gasteiger partial charge in [0.1, 0.15) is 11.7 Å². The van der Waals surface area contributed by atoms with E-state index in [4.69, 9.17) is 4.74 Å². The van der Waals surface area contributed by atoms with Crippen LogP contribution in [0.4, 0.5) is 13.2 Å². The topological polar surface area (TPSA) is 102 Å². The maximum absolute atomic E-state index is 15.0. The molecule has 0 spiro atoms. The zero-order valence-electron chi connectivity index (χ0n) is 24.4. The molecule has 0 bridgehead atoms. The summed E-state index contributed by atoms with van der Waals surface area (Å²) in [6.07, 6.45) is 0.687. The summed E-state index contributed by atoms with van der Waals surface area (Å²) in [5.41, 5.74) is -0.761. The van der Waals surface area contributed by atoms with Crippen molar-refractivity contribution in [1.82, 2.24) is 10.6 Å². The average molecular weight is 597 g/mol. The Bertz CT molecular complexity index is 1340. The molecule has 2 N–H and O–H groups in total. The van der Waals surface area contributed by atoms with Crippen LogP contribution in [0.2, 0.25) is 0 Å². The molecule has 3 rings (SSSR count). The van der Waals surface area contributed by atoms with E-state index >= 15 is 0 Å². The van der Waals surface area contributed by atoms with Gasteiger partial charge >= 0.3 is 5.97 Å². The summed E-state index contributed by atoms with van der Waals surface area (Å²) in [6, 6.07) is 8.34. The number of esters is 1. The molecule has 4 unspecified atom stereocenters. The Hall–Kier alpha value is -2.92. The molecule has 1 heterocycles. The summed E-state index contributed by atoms with van der Waals surface area (Å²) in [5, 5.41) is 5.30. The first kappa shape index (κ1) is 32.6. The molecule has 7 nitrogen and oxygen atoms in total. The van der Waals surface area contributed by atoms with Crippen LogP contribution in [0.25, 0.3) is 11.1 Å². The number of hydrogen-bond acceptors (Lipinski definition) is 6. The highest BCUT2D eigenvalue weighted by molar-refractivity contribution is 7.90. The lowest BCUT2D eigenvalue weighted by Crippen LogP contribution is -2.55. The van der Waals surface area contributed by atoms with E-state index in [1.807, 2.05) is 20.8 Å². The molecule has 0 aromatic heterocycles. The van der Waals surface area contributed by atoms with Crippen molar-refractivity contribution < 1.29 is 35.9 Å². The van der Waals surface area contributed by atoms with Crippen molar-refractivity contribution >= 4 is 21.7 Å². The number of nitrogens with one attached hydrogen (secondary N) is 2. The molecule has 2 aromatic carbocycles. The molecule has 4 atom stereocenters. The maximum Gasteiger partial charge on any atom is 0.329 e. The van der Waals surface area contributed by atoms with Crippen molar-refractivity contribution in [2.45, 2.75) is 82.6 Å². The van der Waals surface area contributed by atoms with Crippen molar-refractivity contribution in [3.8, 4) is 11.1 Å². The van der Waals surface area contributed by atoms with Gasteiger partial charge in [-0.3, -0.25) is 10.1 Å². The van der Waals surface area contributed by atoms with Gasteiger partial charge in [0.2, 0.25) is 5.91 Å². The summed E-state index contributed by atoms with van der Waals surface area (Å²) >= 11 is 0. The predicted molar refractivity (Wildman–Crippen MR) is 151 cm³/mol. The maximum atomic E-state index is 15.0. The number of carbonyl (C=O) groups is 2. The number of amides is 1. The van der Waals surface area contributed by atoms with Crippen molar-refractivity contribution in [3.63, 3.8) is 0 Å². The highest BCUT2D eigenvalue weighted by atomic mass is 32.2. The van der Waals surface area contributed by atoms with Gasteiger partial charge in [-0.15, -0.1) is 0 Å². The minimum Gasteiger partial charge on any atom is -0.464 e. The van der Waals surface area contributed by atoms with E-state index < -0.39 is 63.3 Å². The smallest absolute Gasteiger partial charge is 0.329 e. The molecule has 0 saturated carbocycles. The molecular formula is C30H39F3N2O5S. The molecule has 0 radical (unpaired) electrons. The second-order valence-corrected chi connectivity index (χ2v) is 14.6. The van der Waals surface area contributed by atoms with Gasteiger partial charge in [-0.25, -0.2) is 26.4 Å². The highest BCUT2D eigenvalue weighted by Crippen LogP contribution is 2.35. The average Bonchev–Trinajstić information content (AvgIpc) is 3.20. The summed E-state index contributed by atoms with van der Waals surface area (Å²) in [7, 11) is -3.37. The van der Waals surface area contributed by atoms with Crippen LogP contribution >= 0.6 is 0 Å². The Morgan fingerprint density at radius 1 is 0.951 bits per heavy atom. The Kier molecular flexibility index (Phi) is 9.34. The van der Waals surface area contributed by atoms with E-state index in [0.29, 0.717) is 18.1 Å². The fourth-order valence-electron chi connectivity index (χ4n) is 4.90. The third-order valence-electron chi connectivity index (χ3n) is 7.21. The van der Waals surface area contributed by atoms with E-state index in [-0.39, 0.29) is 23.0 Å². The number of hydrogen-bond donors (Lipinski definition) is 2. The van der Waals surface area contributed by atoms with Gasteiger partial charge in [-0.1, -0.05) is 57.2 Å². The minimum absolute atomic E-state index is 0.110. The molecule has 1 amide bonds. The van der Waals surface area contributed by atoms with Gasteiger partial charge in [-0.2, -0.15) is 0 Å². The van der Waals surface area contributed by atoms with Crippen LogP contribution in [0.1, 0.15) is 59.6 Å². The predicted octanol–water partition coefficient (Wildman–Crippen LogP) is 5.25. The monoisotopic (exact) mass is 596 g/mol. The second-order valence-electron chi connectivity index (χ2n) is 12.5. The number of rotatable bonds is 10. The molecule has 1 saturated heterocycles. The lowest BCUT2D eigenvalue weighted by atomic mass is 9.77. The molecule has 11 heteroatoms. The van der Waals surface area contributed by atoms with E-state index in [9.17, 15) is 31.2 Å². The van der Waals surface area contributed by atoms with E-state index in [1.54, 1.807) is 24.3 Å².